The molecule has 0 unspecified atom stereocenters. The van der Waals surface area contributed by atoms with Crippen LogP contribution in [0, 0.1) is 0 Å². The molecule has 2 fully saturated rings. The van der Waals surface area contributed by atoms with E-state index in [1.54, 1.807) is 4.90 Å². The Morgan fingerprint density at radius 2 is 1.95 bits per heavy atom. The Morgan fingerprint density at radius 1 is 1.32 bits per heavy atom. The summed E-state index contributed by atoms with van der Waals surface area (Å²) < 4.78 is 25.7. The first-order valence-corrected chi connectivity index (χ1v) is 9.59. The van der Waals surface area contributed by atoms with Gasteiger partial charge in [-0.15, -0.1) is 0 Å². The summed E-state index contributed by atoms with van der Waals surface area (Å²) in [6.45, 7) is 0.0164. The molecule has 0 radical (unpaired) electrons. The van der Waals surface area contributed by atoms with Crippen molar-refractivity contribution in [3.8, 4) is 0 Å². The van der Waals surface area contributed by atoms with Crippen molar-refractivity contribution in [2.45, 2.75) is 18.0 Å². The minimum Gasteiger partial charge on any atom is -0.394 e. The van der Waals surface area contributed by atoms with Crippen LogP contribution < -0.4 is 0 Å². The Bertz CT molecular complexity index is 691. The number of hydrogen-bond acceptors (Lipinski definition) is 4. The van der Waals surface area contributed by atoms with Gasteiger partial charge < -0.3 is 10.0 Å². The third-order valence-corrected chi connectivity index (χ3v) is 6.19. The molecular formula is C14H17BrN2O4S. The van der Waals surface area contributed by atoms with E-state index in [0.29, 0.717) is 0 Å². The predicted molar refractivity (Wildman–Crippen MR) is 84.8 cm³/mol. The lowest BCUT2D eigenvalue weighted by molar-refractivity contribution is -0.158. The third kappa shape index (κ3) is 2.58. The standard InChI is InChI=1S/C14H17BrN2O4S/c1-22(20,21)16-6-11-14(9-2-4-10(15)5-3-9)12(8-18)17(11)13(19)7-16/h2-5,11-12,14,18H,6-8H2,1H3/t11-,12-,14+/m0/s1. The maximum absolute atomic E-state index is 12.2. The summed E-state index contributed by atoms with van der Waals surface area (Å²) in [4.78, 5) is 13.8. The highest BCUT2D eigenvalue weighted by Gasteiger charge is 2.54. The average molecular weight is 389 g/mol. The van der Waals surface area contributed by atoms with Gasteiger partial charge in [-0.3, -0.25) is 4.79 Å². The van der Waals surface area contributed by atoms with Crippen LogP contribution >= 0.6 is 15.9 Å². The molecule has 1 aromatic rings. The van der Waals surface area contributed by atoms with Crippen molar-refractivity contribution in [3.05, 3.63) is 34.3 Å². The Kier molecular flexibility index (Phi) is 4.05. The van der Waals surface area contributed by atoms with Crippen molar-refractivity contribution in [2.75, 3.05) is 26.0 Å². The predicted octanol–water partition coefficient (Wildman–Crippen LogP) is 0.380. The summed E-state index contributed by atoms with van der Waals surface area (Å²) >= 11 is 3.38. The number of carbonyl (C=O) groups excluding carboxylic acids is 1. The van der Waals surface area contributed by atoms with Crippen LogP contribution in [0.4, 0.5) is 0 Å². The molecule has 1 amide bonds. The molecule has 6 nitrogen and oxygen atoms in total. The van der Waals surface area contributed by atoms with Crippen LogP contribution in [-0.2, 0) is 14.8 Å². The maximum atomic E-state index is 12.2. The third-order valence-electron chi connectivity index (χ3n) is 4.44. The van der Waals surface area contributed by atoms with Gasteiger partial charge in [-0.2, -0.15) is 4.31 Å². The molecule has 2 aliphatic heterocycles. The van der Waals surface area contributed by atoms with Crippen LogP contribution in [0.5, 0.6) is 0 Å². The zero-order chi connectivity index (χ0) is 16.1. The van der Waals surface area contributed by atoms with Gasteiger partial charge in [-0.25, -0.2) is 8.42 Å². The van der Waals surface area contributed by atoms with E-state index in [-0.39, 0.29) is 43.6 Å². The van der Waals surface area contributed by atoms with E-state index in [4.69, 9.17) is 0 Å². The highest BCUT2D eigenvalue weighted by molar-refractivity contribution is 9.10. The molecule has 8 heteroatoms. The average Bonchev–Trinajstić information content (AvgIpc) is 2.42. The fourth-order valence-corrected chi connectivity index (χ4v) is 4.44. The molecule has 0 spiro atoms. The van der Waals surface area contributed by atoms with E-state index >= 15 is 0 Å². The van der Waals surface area contributed by atoms with Crippen LogP contribution in [0.15, 0.2) is 28.7 Å². The molecular weight excluding hydrogens is 372 g/mol. The van der Waals surface area contributed by atoms with E-state index < -0.39 is 10.0 Å². The van der Waals surface area contributed by atoms with Crippen molar-refractivity contribution in [1.29, 1.82) is 0 Å². The number of aliphatic hydroxyl groups is 1. The molecule has 3 rings (SSSR count). The molecule has 22 heavy (non-hydrogen) atoms. The number of hydrogen-bond donors (Lipinski definition) is 1. The number of piperazine rings is 1. The lowest BCUT2D eigenvalue weighted by atomic mass is 9.74. The van der Waals surface area contributed by atoms with Gasteiger partial charge in [0.2, 0.25) is 15.9 Å². The first-order valence-electron chi connectivity index (χ1n) is 6.95. The van der Waals surface area contributed by atoms with Gasteiger partial charge in [0.05, 0.1) is 31.5 Å². The van der Waals surface area contributed by atoms with Crippen molar-refractivity contribution in [1.82, 2.24) is 9.21 Å². The summed E-state index contributed by atoms with van der Waals surface area (Å²) in [5.41, 5.74) is 1.01. The van der Waals surface area contributed by atoms with E-state index in [0.717, 1.165) is 16.3 Å². The number of benzene rings is 1. The van der Waals surface area contributed by atoms with Gasteiger partial charge in [-0.05, 0) is 17.7 Å². The molecule has 0 saturated carbocycles. The number of halogens is 1. The number of amides is 1. The van der Waals surface area contributed by atoms with Gasteiger partial charge in [0.25, 0.3) is 0 Å². The first-order chi connectivity index (χ1) is 10.3. The first kappa shape index (κ1) is 15.9. The van der Waals surface area contributed by atoms with Crippen molar-refractivity contribution in [3.63, 3.8) is 0 Å². The van der Waals surface area contributed by atoms with Crippen molar-refractivity contribution in [2.24, 2.45) is 0 Å². The number of carbonyl (C=O) groups is 1. The molecule has 1 N–H and O–H groups in total. The van der Waals surface area contributed by atoms with Crippen LogP contribution in [0.1, 0.15) is 11.5 Å². The van der Waals surface area contributed by atoms with Crippen LogP contribution in [-0.4, -0.2) is 66.7 Å². The Hall–Kier alpha value is -0.960. The number of nitrogens with zero attached hydrogens (tertiary/aromatic N) is 2. The highest BCUT2D eigenvalue weighted by Crippen LogP contribution is 2.43. The van der Waals surface area contributed by atoms with Crippen LogP contribution in [0.25, 0.3) is 0 Å². The van der Waals surface area contributed by atoms with Gasteiger partial charge in [0.1, 0.15) is 0 Å². The largest absolute Gasteiger partial charge is 0.394 e. The monoisotopic (exact) mass is 388 g/mol. The summed E-state index contributed by atoms with van der Waals surface area (Å²) in [6.07, 6.45) is 1.12. The quantitative estimate of drug-likeness (QED) is 0.811. The van der Waals surface area contributed by atoms with E-state index in [1.165, 1.54) is 4.31 Å². The fraction of sp³-hybridized carbons (Fsp3) is 0.500. The Balaban J connectivity index is 1.91. The molecule has 3 atom stereocenters. The van der Waals surface area contributed by atoms with Gasteiger partial charge >= 0.3 is 0 Å². The highest BCUT2D eigenvalue weighted by atomic mass is 79.9. The maximum Gasteiger partial charge on any atom is 0.238 e. The zero-order valence-corrected chi connectivity index (χ0v) is 14.4. The summed E-state index contributed by atoms with van der Waals surface area (Å²) in [6, 6.07) is 7.21. The molecule has 120 valence electrons. The summed E-state index contributed by atoms with van der Waals surface area (Å²) in [7, 11) is -3.40. The molecule has 2 heterocycles. The number of sulfonamides is 1. The van der Waals surface area contributed by atoms with E-state index in [9.17, 15) is 18.3 Å². The Morgan fingerprint density at radius 3 is 2.50 bits per heavy atom. The topological polar surface area (TPSA) is 77.9 Å². The van der Waals surface area contributed by atoms with E-state index in [2.05, 4.69) is 15.9 Å². The number of rotatable bonds is 3. The Labute approximate surface area is 137 Å². The minimum absolute atomic E-state index is 0.0494. The molecule has 0 bridgehead atoms. The summed E-state index contributed by atoms with van der Waals surface area (Å²) in [5.74, 6) is -0.291. The summed E-state index contributed by atoms with van der Waals surface area (Å²) in [5, 5.41) is 9.62. The second kappa shape index (κ2) is 5.59. The second-order valence-electron chi connectivity index (χ2n) is 5.75. The lowest BCUT2D eigenvalue weighted by Crippen LogP contribution is -2.73. The normalized spacial score (nSPS) is 29.1. The van der Waals surface area contributed by atoms with Crippen LogP contribution in [0.3, 0.4) is 0 Å². The smallest absolute Gasteiger partial charge is 0.238 e. The number of fused-ring (bicyclic) bond motifs is 1. The molecule has 0 aliphatic carbocycles. The van der Waals surface area contributed by atoms with Gasteiger partial charge in [0.15, 0.2) is 0 Å². The van der Waals surface area contributed by atoms with Crippen molar-refractivity contribution >= 4 is 31.9 Å². The van der Waals surface area contributed by atoms with Crippen LogP contribution in [0.2, 0.25) is 0 Å². The van der Waals surface area contributed by atoms with E-state index in [1.807, 2.05) is 24.3 Å². The molecule has 2 saturated heterocycles. The fourth-order valence-electron chi connectivity index (χ4n) is 3.41. The van der Waals surface area contributed by atoms with Gasteiger partial charge in [-0.1, -0.05) is 28.1 Å². The molecule has 0 aromatic heterocycles. The minimum atomic E-state index is -3.40. The lowest BCUT2D eigenvalue weighted by Gasteiger charge is -2.58. The van der Waals surface area contributed by atoms with Crippen molar-refractivity contribution < 1.29 is 18.3 Å². The van der Waals surface area contributed by atoms with Gasteiger partial charge in [0, 0.05) is 16.9 Å². The second-order valence-corrected chi connectivity index (χ2v) is 8.65. The SMILES string of the molecule is CS(=O)(=O)N1CC(=O)N2[C@@H](CO)[C@H](c3ccc(Br)cc3)[C@@H]2C1. The number of aliphatic hydroxyl groups excluding tert-OH is 1. The molecule has 1 aromatic carbocycles. The molecule has 2 aliphatic rings. The zero-order valence-electron chi connectivity index (χ0n) is 12.0.